The number of nitrogen functional groups attached to an aromatic ring is 2. The van der Waals surface area contributed by atoms with Gasteiger partial charge in [0.2, 0.25) is 0 Å². The molecule has 3 rings (SSSR count). The molecule has 0 saturated carbocycles. The van der Waals surface area contributed by atoms with Crippen molar-refractivity contribution in [1.82, 2.24) is 35.9 Å². The highest BCUT2D eigenvalue weighted by Gasteiger charge is 2.16. The third-order valence-electron chi connectivity index (χ3n) is 4.64. The molecular weight excluding hydrogens is 497 g/mol. The molecule has 0 atom stereocenters. The molecule has 0 radical (unpaired) electrons. The Bertz CT molecular complexity index is 1110. The van der Waals surface area contributed by atoms with Crippen LogP contribution in [-0.2, 0) is 12.8 Å². The number of halogens is 2. The van der Waals surface area contributed by atoms with E-state index in [9.17, 15) is 4.79 Å². The van der Waals surface area contributed by atoms with E-state index >= 15 is 0 Å². The number of amides is 1. The lowest BCUT2D eigenvalue weighted by Gasteiger charge is -2.07. The van der Waals surface area contributed by atoms with Crippen molar-refractivity contribution < 1.29 is 9.53 Å². The molecule has 0 fully saturated rings. The monoisotopic (exact) mass is 523 g/mol. The number of carbonyl (C=O) groups excluding carboxylic acids is 1. The molecule has 188 valence electrons. The Balaban J connectivity index is 0.00000432. The van der Waals surface area contributed by atoms with Crippen molar-refractivity contribution >= 4 is 47.5 Å². The topological polar surface area (TPSA) is 209 Å². The minimum absolute atomic E-state index is 0. The number of aliphatic imine (C=N–C) groups is 1. The average Bonchev–Trinajstić information content (AvgIpc) is 3.33. The normalized spacial score (nSPS) is 11.1. The van der Waals surface area contributed by atoms with Crippen LogP contribution in [0.4, 0.5) is 11.6 Å². The molecule has 3 aromatic rings. The number of guanidine groups is 1. The van der Waals surface area contributed by atoms with Gasteiger partial charge in [-0.05, 0) is 43.4 Å². The van der Waals surface area contributed by atoms with Crippen LogP contribution < -0.4 is 27.3 Å². The van der Waals surface area contributed by atoms with Gasteiger partial charge in [-0.3, -0.25) is 15.1 Å². The number of nitrogens with one attached hydrogen (secondary N) is 2. The van der Waals surface area contributed by atoms with E-state index in [1.54, 1.807) is 0 Å². The standard InChI is InChI=1S/C20H26ClN11O2.ClH/c21-16-18(23)27-17(22)15(26-16)19(33)28-20(24)25-10-2-1-4-12-6-8-13(9-7-12)34-11-3-5-14-29-31-32-30-14;/h6-9H,1-5,10-11H2,(H4,22,23,27)(H3,24,25,28,33)(H,29,30,31,32);1H. The predicted molar refractivity (Wildman–Crippen MR) is 134 cm³/mol. The highest BCUT2D eigenvalue weighted by molar-refractivity contribution is 6.31. The summed E-state index contributed by atoms with van der Waals surface area (Å²) < 4.78 is 5.73. The van der Waals surface area contributed by atoms with E-state index in [1.165, 1.54) is 5.56 Å². The lowest BCUT2D eigenvalue weighted by atomic mass is 10.1. The van der Waals surface area contributed by atoms with Gasteiger partial charge in [-0.25, -0.2) is 9.97 Å². The van der Waals surface area contributed by atoms with Crippen LogP contribution in [0.3, 0.4) is 0 Å². The number of rotatable bonds is 11. The Labute approximate surface area is 212 Å². The number of nitrogens with two attached hydrogens (primary N) is 3. The number of hydrogen-bond donors (Lipinski definition) is 5. The van der Waals surface area contributed by atoms with Gasteiger partial charge in [-0.2, -0.15) is 5.21 Å². The van der Waals surface area contributed by atoms with Gasteiger partial charge in [-0.1, -0.05) is 28.9 Å². The van der Waals surface area contributed by atoms with Crippen LogP contribution in [0.2, 0.25) is 5.15 Å². The van der Waals surface area contributed by atoms with Gasteiger partial charge >= 0.3 is 0 Å². The number of H-pyrrole nitrogens is 1. The quantitative estimate of drug-likeness (QED) is 0.138. The van der Waals surface area contributed by atoms with Crippen LogP contribution in [0.15, 0.2) is 29.3 Å². The summed E-state index contributed by atoms with van der Waals surface area (Å²) in [5, 5.41) is 16.0. The highest BCUT2D eigenvalue weighted by atomic mass is 35.5. The third kappa shape index (κ3) is 8.87. The van der Waals surface area contributed by atoms with Crippen molar-refractivity contribution in [3.05, 3.63) is 46.5 Å². The summed E-state index contributed by atoms with van der Waals surface area (Å²) in [6.07, 6.45) is 4.10. The maximum atomic E-state index is 12.2. The molecule has 13 nitrogen and oxygen atoms in total. The van der Waals surface area contributed by atoms with Gasteiger partial charge in [-0.15, -0.1) is 22.6 Å². The number of benzene rings is 1. The maximum Gasteiger partial charge on any atom is 0.280 e. The van der Waals surface area contributed by atoms with Gasteiger partial charge in [0.15, 0.2) is 34.3 Å². The zero-order valence-electron chi connectivity index (χ0n) is 18.8. The number of aromatic amines is 1. The fraction of sp³-hybridized carbons (Fsp3) is 0.350. The second-order valence-electron chi connectivity index (χ2n) is 7.24. The van der Waals surface area contributed by atoms with Crippen LogP contribution in [0.1, 0.15) is 41.1 Å². The first-order valence-corrected chi connectivity index (χ1v) is 10.9. The number of ether oxygens (including phenoxy) is 1. The Morgan fingerprint density at radius 3 is 2.57 bits per heavy atom. The molecule has 0 saturated heterocycles. The van der Waals surface area contributed by atoms with E-state index in [4.69, 9.17) is 33.5 Å². The summed E-state index contributed by atoms with van der Waals surface area (Å²) in [6, 6.07) is 7.98. The minimum atomic E-state index is -0.662. The van der Waals surface area contributed by atoms with E-state index in [-0.39, 0.29) is 40.8 Å². The summed E-state index contributed by atoms with van der Waals surface area (Å²) in [5.41, 5.74) is 17.9. The number of unbranched alkanes of at least 4 members (excludes halogenated alkanes) is 1. The number of aromatic nitrogens is 6. The van der Waals surface area contributed by atoms with Gasteiger partial charge in [0.1, 0.15) is 5.75 Å². The summed E-state index contributed by atoms with van der Waals surface area (Å²) in [5.74, 6) is 0.588. The Kier molecular flexibility index (Phi) is 10.9. The maximum absolute atomic E-state index is 12.2. The molecule has 0 bridgehead atoms. The van der Waals surface area contributed by atoms with Gasteiger partial charge in [0.25, 0.3) is 5.91 Å². The second-order valence-corrected chi connectivity index (χ2v) is 7.59. The average molecular weight is 524 g/mol. The first-order valence-electron chi connectivity index (χ1n) is 10.6. The smallest absolute Gasteiger partial charge is 0.280 e. The molecule has 1 amide bonds. The van der Waals surface area contributed by atoms with Crippen molar-refractivity contribution in [3.8, 4) is 5.75 Å². The number of aryl methyl sites for hydroxylation is 2. The molecule has 0 aliphatic heterocycles. The first-order chi connectivity index (χ1) is 16.4. The summed E-state index contributed by atoms with van der Waals surface area (Å²) in [6.45, 7) is 1.03. The SMILES string of the molecule is Cl.NC(=NCCCCc1ccc(OCCCc2nn[nH]n2)cc1)NC(=O)c1nc(Cl)c(N)nc1N. The third-order valence-corrected chi connectivity index (χ3v) is 4.92. The van der Waals surface area contributed by atoms with Gasteiger partial charge in [0.05, 0.1) is 6.61 Å². The second kappa shape index (κ2) is 13.9. The molecule has 0 spiro atoms. The molecule has 2 heterocycles. The van der Waals surface area contributed by atoms with Crippen LogP contribution >= 0.6 is 24.0 Å². The van der Waals surface area contributed by atoms with Crippen molar-refractivity contribution in [1.29, 1.82) is 0 Å². The van der Waals surface area contributed by atoms with Gasteiger partial charge < -0.3 is 21.9 Å². The number of anilines is 2. The number of carbonyl (C=O) groups is 1. The summed E-state index contributed by atoms with van der Waals surface area (Å²) in [7, 11) is 0. The molecule has 0 aliphatic rings. The molecule has 0 unspecified atom stereocenters. The fourth-order valence-corrected chi connectivity index (χ4v) is 3.05. The van der Waals surface area contributed by atoms with E-state index < -0.39 is 5.91 Å². The van der Waals surface area contributed by atoms with Crippen molar-refractivity contribution in [3.63, 3.8) is 0 Å². The Morgan fingerprint density at radius 2 is 1.86 bits per heavy atom. The summed E-state index contributed by atoms with van der Waals surface area (Å²) >= 11 is 5.78. The molecule has 8 N–H and O–H groups in total. The fourth-order valence-electron chi connectivity index (χ4n) is 2.93. The van der Waals surface area contributed by atoms with Crippen molar-refractivity contribution in [2.75, 3.05) is 24.6 Å². The van der Waals surface area contributed by atoms with Crippen LogP contribution in [0, 0.1) is 0 Å². The number of hydrogen-bond acceptors (Lipinski definition) is 10. The van der Waals surface area contributed by atoms with Crippen LogP contribution in [0.25, 0.3) is 0 Å². The van der Waals surface area contributed by atoms with E-state index in [0.717, 1.165) is 31.4 Å². The molecule has 1 aromatic carbocycles. The Morgan fingerprint density at radius 1 is 1.09 bits per heavy atom. The van der Waals surface area contributed by atoms with Crippen LogP contribution in [-0.4, -0.2) is 55.6 Å². The molecule has 15 heteroatoms. The molecular formula is C20H27Cl2N11O2. The lowest BCUT2D eigenvalue weighted by molar-refractivity contribution is 0.0972. The van der Waals surface area contributed by atoms with Crippen molar-refractivity contribution in [2.45, 2.75) is 32.1 Å². The van der Waals surface area contributed by atoms with E-state index in [1.807, 2.05) is 24.3 Å². The zero-order chi connectivity index (χ0) is 24.3. The minimum Gasteiger partial charge on any atom is -0.494 e. The Hall–Kier alpha value is -3.71. The first kappa shape index (κ1) is 27.5. The van der Waals surface area contributed by atoms with E-state index in [0.29, 0.717) is 25.4 Å². The largest absolute Gasteiger partial charge is 0.494 e. The van der Waals surface area contributed by atoms with E-state index in [2.05, 4.69) is 40.9 Å². The zero-order valence-corrected chi connectivity index (χ0v) is 20.3. The predicted octanol–water partition coefficient (Wildman–Crippen LogP) is 1.31. The number of tetrazole rings is 1. The van der Waals surface area contributed by atoms with Crippen molar-refractivity contribution in [2.24, 2.45) is 10.7 Å². The van der Waals surface area contributed by atoms with Gasteiger partial charge in [0, 0.05) is 13.0 Å². The molecule has 0 aliphatic carbocycles. The van der Waals surface area contributed by atoms with Crippen LogP contribution in [0.5, 0.6) is 5.75 Å². The molecule has 2 aromatic heterocycles. The number of nitrogens with zero attached hydrogens (tertiary/aromatic N) is 6. The summed E-state index contributed by atoms with van der Waals surface area (Å²) in [4.78, 5) is 23.9. The lowest BCUT2D eigenvalue weighted by Crippen LogP contribution is -2.38. The highest BCUT2D eigenvalue weighted by Crippen LogP contribution is 2.17. The molecule has 35 heavy (non-hydrogen) atoms.